The normalized spacial score (nSPS) is 12.4. The number of benzene rings is 3. The highest BCUT2D eigenvalue weighted by molar-refractivity contribution is 7.22. The number of hydrogen-bond acceptors (Lipinski definition) is 3. The van der Waals surface area contributed by atoms with E-state index in [2.05, 4.69) is 109 Å². The lowest BCUT2D eigenvalue weighted by molar-refractivity contribution is 0.560. The van der Waals surface area contributed by atoms with Gasteiger partial charge in [0.2, 0.25) is 0 Å². The standard InChI is InChI=1S/C35H35NOS/c1-20(2)17-27-22(4)37-29-14-10-13-26(32(27)29)34-21(3)31-30(38-34)15-16-36-33(31)24-18-23-11-8-9-12-25(23)28(19-24)35(5,6)7/h8-16,18-20H,17H2,1-7H3. The van der Waals surface area contributed by atoms with Gasteiger partial charge < -0.3 is 4.42 Å². The summed E-state index contributed by atoms with van der Waals surface area (Å²) in [5, 5.41) is 5.10. The molecule has 0 unspecified atom stereocenters. The van der Waals surface area contributed by atoms with Gasteiger partial charge in [0.25, 0.3) is 0 Å². The molecule has 0 saturated carbocycles. The fourth-order valence-corrected chi connectivity index (χ4v) is 7.14. The fourth-order valence-electron chi connectivity index (χ4n) is 5.91. The van der Waals surface area contributed by atoms with E-state index in [1.807, 2.05) is 17.5 Å². The van der Waals surface area contributed by atoms with Crippen LogP contribution < -0.4 is 0 Å². The van der Waals surface area contributed by atoms with Crippen LogP contribution in [0.5, 0.6) is 0 Å². The third kappa shape index (κ3) is 4.05. The van der Waals surface area contributed by atoms with Gasteiger partial charge in [0.05, 0.1) is 5.69 Å². The van der Waals surface area contributed by atoms with Crippen molar-refractivity contribution in [2.75, 3.05) is 0 Å². The Hall–Kier alpha value is -3.43. The van der Waals surface area contributed by atoms with Crippen molar-refractivity contribution in [1.82, 2.24) is 4.98 Å². The molecule has 0 atom stereocenters. The van der Waals surface area contributed by atoms with E-state index in [1.165, 1.54) is 58.9 Å². The number of thiophene rings is 1. The predicted molar refractivity (Wildman–Crippen MR) is 164 cm³/mol. The van der Waals surface area contributed by atoms with Gasteiger partial charge in [-0.15, -0.1) is 11.3 Å². The molecule has 3 aromatic carbocycles. The van der Waals surface area contributed by atoms with E-state index in [9.17, 15) is 0 Å². The van der Waals surface area contributed by atoms with Crippen LogP contribution in [0.4, 0.5) is 0 Å². The quantitative estimate of drug-likeness (QED) is 0.232. The molecule has 3 aromatic heterocycles. The molecule has 192 valence electrons. The van der Waals surface area contributed by atoms with Gasteiger partial charge in [-0.2, -0.15) is 0 Å². The zero-order chi connectivity index (χ0) is 26.8. The summed E-state index contributed by atoms with van der Waals surface area (Å²) in [6, 6.07) is 22.1. The first kappa shape index (κ1) is 24.9. The first-order valence-electron chi connectivity index (χ1n) is 13.6. The minimum Gasteiger partial charge on any atom is -0.461 e. The fraction of sp³-hybridized carbons (Fsp3) is 0.286. The van der Waals surface area contributed by atoms with Crippen LogP contribution in [0.1, 0.15) is 57.1 Å². The molecule has 0 amide bonds. The van der Waals surface area contributed by atoms with E-state index in [4.69, 9.17) is 9.40 Å². The minimum absolute atomic E-state index is 0.0277. The molecule has 38 heavy (non-hydrogen) atoms. The maximum absolute atomic E-state index is 6.25. The van der Waals surface area contributed by atoms with Gasteiger partial charge in [0.1, 0.15) is 11.3 Å². The van der Waals surface area contributed by atoms with Gasteiger partial charge in [0.15, 0.2) is 0 Å². The van der Waals surface area contributed by atoms with Crippen molar-refractivity contribution in [3.63, 3.8) is 0 Å². The molecule has 3 heteroatoms. The van der Waals surface area contributed by atoms with Crippen LogP contribution in [-0.2, 0) is 11.8 Å². The summed E-state index contributed by atoms with van der Waals surface area (Å²) >= 11 is 1.87. The van der Waals surface area contributed by atoms with Crippen molar-refractivity contribution in [2.24, 2.45) is 5.92 Å². The molecule has 0 bridgehead atoms. The zero-order valence-corrected chi connectivity index (χ0v) is 24.2. The summed E-state index contributed by atoms with van der Waals surface area (Å²) in [5.74, 6) is 1.60. The molecule has 0 fully saturated rings. The van der Waals surface area contributed by atoms with Gasteiger partial charge >= 0.3 is 0 Å². The van der Waals surface area contributed by atoms with Gasteiger partial charge in [-0.25, -0.2) is 0 Å². The smallest absolute Gasteiger partial charge is 0.135 e. The molecular weight excluding hydrogens is 482 g/mol. The van der Waals surface area contributed by atoms with Crippen molar-refractivity contribution in [3.05, 3.63) is 89.3 Å². The van der Waals surface area contributed by atoms with Crippen molar-refractivity contribution >= 4 is 43.2 Å². The molecular formula is C35H35NOS. The van der Waals surface area contributed by atoms with Crippen molar-refractivity contribution in [1.29, 1.82) is 0 Å². The number of furan rings is 1. The monoisotopic (exact) mass is 517 g/mol. The second-order valence-electron chi connectivity index (χ2n) is 12.0. The van der Waals surface area contributed by atoms with Crippen LogP contribution in [0, 0.1) is 19.8 Å². The van der Waals surface area contributed by atoms with Crippen LogP contribution in [0.3, 0.4) is 0 Å². The number of rotatable bonds is 4. The average molecular weight is 518 g/mol. The van der Waals surface area contributed by atoms with Crippen molar-refractivity contribution in [2.45, 2.75) is 60.3 Å². The number of aromatic nitrogens is 1. The minimum atomic E-state index is 0.0277. The van der Waals surface area contributed by atoms with Crippen LogP contribution in [0.15, 0.2) is 71.3 Å². The molecule has 6 aromatic rings. The molecule has 2 nitrogen and oxygen atoms in total. The Labute approximate surface area is 229 Å². The van der Waals surface area contributed by atoms with Gasteiger partial charge in [-0.05, 0) is 77.8 Å². The first-order valence-corrected chi connectivity index (χ1v) is 14.4. The maximum Gasteiger partial charge on any atom is 0.135 e. The Morgan fingerprint density at radius 1 is 0.921 bits per heavy atom. The number of pyridine rings is 1. The predicted octanol–water partition coefficient (Wildman–Crippen LogP) is 10.6. The third-order valence-electron chi connectivity index (χ3n) is 7.66. The average Bonchev–Trinajstić information content (AvgIpc) is 3.38. The Bertz CT molecular complexity index is 1830. The summed E-state index contributed by atoms with van der Waals surface area (Å²) in [7, 11) is 0. The molecule has 6 rings (SSSR count). The molecule has 0 radical (unpaired) electrons. The highest BCUT2D eigenvalue weighted by atomic mass is 32.1. The highest BCUT2D eigenvalue weighted by Crippen LogP contribution is 2.46. The Balaban J connectivity index is 1.62. The highest BCUT2D eigenvalue weighted by Gasteiger charge is 2.23. The van der Waals surface area contributed by atoms with Crippen LogP contribution in [0.2, 0.25) is 0 Å². The van der Waals surface area contributed by atoms with E-state index in [-0.39, 0.29) is 5.41 Å². The lowest BCUT2D eigenvalue weighted by atomic mass is 9.82. The SMILES string of the molecule is Cc1oc2cccc(-c3sc4ccnc(-c5cc(C(C)(C)C)c6ccccc6c5)c4c3C)c2c1CC(C)C. The Morgan fingerprint density at radius 3 is 2.47 bits per heavy atom. The molecule has 3 heterocycles. The molecule has 0 spiro atoms. The first-order chi connectivity index (χ1) is 18.1. The summed E-state index contributed by atoms with van der Waals surface area (Å²) in [6.45, 7) is 15.8. The summed E-state index contributed by atoms with van der Waals surface area (Å²) in [5.41, 5.74) is 8.52. The van der Waals surface area contributed by atoms with Crippen LogP contribution >= 0.6 is 11.3 Å². The van der Waals surface area contributed by atoms with Crippen molar-refractivity contribution < 1.29 is 4.42 Å². The van der Waals surface area contributed by atoms with Gasteiger partial charge in [-0.3, -0.25) is 4.98 Å². The largest absolute Gasteiger partial charge is 0.461 e. The van der Waals surface area contributed by atoms with Crippen molar-refractivity contribution in [3.8, 4) is 21.7 Å². The lowest BCUT2D eigenvalue weighted by Crippen LogP contribution is -2.12. The third-order valence-corrected chi connectivity index (χ3v) is 8.95. The zero-order valence-electron chi connectivity index (χ0n) is 23.4. The number of nitrogens with zero attached hydrogens (tertiary/aromatic N) is 1. The number of hydrogen-bond donors (Lipinski definition) is 0. The number of aryl methyl sites for hydroxylation is 2. The Kier molecular flexibility index (Phi) is 5.96. The molecule has 0 saturated heterocycles. The summed E-state index contributed by atoms with van der Waals surface area (Å²) in [6.07, 6.45) is 2.98. The second-order valence-corrected chi connectivity index (χ2v) is 13.0. The molecule has 0 aliphatic rings. The molecule has 0 N–H and O–H groups in total. The van der Waals surface area contributed by atoms with E-state index in [1.54, 1.807) is 0 Å². The topological polar surface area (TPSA) is 26.0 Å². The number of fused-ring (bicyclic) bond motifs is 3. The lowest BCUT2D eigenvalue weighted by Gasteiger charge is -2.23. The van der Waals surface area contributed by atoms with E-state index in [0.29, 0.717) is 5.92 Å². The van der Waals surface area contributed by atoms with Gasteiger partial charge in [0, 0.05) is 43.2 Å². The maximum atomic E-state index is 6.25. The van der Waals surface area contributed by atoms with E-state index >= 15 is 0 Å². The molecule has 0 aliphatic carbocycles. The van der Waals surface area contributed by atoms with Crippen LogP contribution in [-0.4, -0.2) is 4.98 Å². The summed E-state index contributed by atoms with van der Waals surface area (Å²) in [4.78, 5) is 6.29. The Morgan fingerprint density at radius 2 is 1.71 bits per heavy atom. The molecule has 0 aliphatic heterocycles. The van der Waals surface area contributed by atoms with E-state index < -0.39 is 0 Å². The summed E-state index contributed by atoms with van der Waals surface area (Å²) < 4.78 is 7.52. The second kappa shape index (κ2) is 9.10. The van der Waals surface area contributed by atoms with Crippen LogP contribution in [0.25, 0.3) is 53.5 Å². The van der Waals surface area contributed by atoms with Gasteiger partial charge in [-0.1, -0.05) is 71.0 Å². The van der Waals surface area contributed by atoms with E-state index in [0.717, 1.165) is 23.5 Å².